The highest BCUT2D eigenvalue weighted by Gasteiger charge is 2.22. The summed E-state index contributed by atoms with van der Waals surface area (Å²) < 4.78 is 13.1. The summed E-state index contributed by atoms with van der Waals surface area (Å²) in [6.45, 7) is 0. The third-order valence-electron chi connectivity index (χ3n) is 3.98. The number of rotatable bonds is 3. The van der Waals surface area contributed by atoms with Crippen molar-refractivity contribution in [2.24, 2.45) is 0 Å². The van der Waals surface area contributed by atoms with Gasteiger partial charge in [0.2, 0.25) is 0 Å². The monoisotopic (exact) mass is 356 g/mol. The van der Waals surface area contributed by atoms with E-state index in [-0.39, 0.29) is 11.7 Å². The third kappa shape index (κ3) is 4.73. The molecule has 1 amide bonds. The number of hydrogen-bond donors (Lipinski definition) is 2. The first-order chi connectivity index (χ1) is 12.1. The zero-order chi connectivity index (χ0) is 18.2. The highest BCUT2D eigenvalue weighted by atomic mass is 32.1. The van der Waals surface area contributed by atoms with Crippen molar-refractivity contribution in [3.05, 3.63) is 76.7 Å². The Labute approximate surface area is 153 Å². The molecule has 25 heavy (non-hydrogen) atoms. The maximum absolute atomic E-state index is 13.1. The summed E-state index contributed by atoms with van der Waals surface area (Å²) >= 11 is 4.69. The molecule has 3 nitrogen and oxygen atoms in total. The van der Waals surface area contributed by atoms with Crippen molar-refractivity contribution >= 4 is 29.1 Å². The Bertz CT molecular complexity index is 788. The Balaban J connectivity index is 0.000000236. The van der Waals surface area contributed by atoms with Gasteiger partial charge in [0.25, 0.3) is 5.91 Å². The lowest BCUT2D eigenvalue weighted by atomic mass is 10.0. The Morgan fingerprint density at radius 2 is 1.80 bits per heavy atom. The molecule has 0 radical (unpaired) electrons. The van der Waals surface area contributed by atoms with Gasteiger partial charge in [0, 0.05) is 19.5 Å². The Morgan fingerprint density at radius 1 is 1.08 bits per heavy atom. The number of thiocarbonyl (C=S) groups is 1. The van der Waals surface area contributed by atoms with E-state index in [0.29, 0.717) is 5.70 Å². The molecule has 0 aromatic heterocycles. The van der Waals surface area contributed by atoms with Gasteiger partial charge in [0.05, 0.1) is 0 Å². The molecule has 1 aliphatic carbocycles. The lowest BCUT2D eigenvalue weighted by molar-refractivity contribution is -0.117. The molecule has 5 heteroatoms. The van der Waals surface area contributed by atoms with E-state index in [0.717, 1.165) is 35.1 Å². The molecule has 2 aromatic rings. The molecular weight excluding hydrogens is 335 g/mol. The smallest absolute Gasteiger partial charge is 0.267 e. The second-order valence-corrected chi connectivity index (χ2v) is 5.75. The van der Waals surface area contributed by atoms with Crippen LogP contribution in [0, 0.1) is 5.82 Å². The molecular formula is C20H21FN2OS. The fraction of sp³-hybridized carbons (Fsp3) is 0.200. The number of carbonyl (C=O) groups is 1. The number of halogens is 1. The van der Waals surface area contributed by atoms with Gasteiger partial charge in [-0.3, -0.25) is 4.79 Å². The van der Waals surface area contributed by atoms with Gasteiger partial charge >= 0.3 is 0 Å². The minimum Gasteiger partial charge on any atom is -0.383 e. The number of aryl methyl sites for hydroxylation is 1. The molecule has 130 valence electrons. The second-order valence-electron chi connectivity index (χ2n) is 5.51. The van der Waals surface area contributed by atoms with Crippen molar-refractivity contribution in [3.63, 3.8) is 0 Å². The Hall–Kier alpha value is -2.53. The topological polar surface area (TPSA) is 41.1 Å². The average Bonchev–Trinajstić information content (AvgIpc) is 3.06. The second kappa shape index (κ2) is 9.08. The van der Waals surface area contributed by atoms with Crippen molar-refractivity contribution in [1.29, 1.82) is 0 Å². The third-order valence-corrected chi connectivity index (χ3v) is 4.25. The summed E-state index contributed by atoms with van der Waals surface area (Å²) in [5.41, 5.74) is 4.57. The van der Waals surface area contributed by atoms with Gasteiger partial charge in [0.15, 0.2) is 0 Å². The number of likely N-dealkylation sites (N-methyl/N-ethyl adjacent to an activating group) is 2. The molecule has 1 aliphatic rings. The number of hydrogen-bond acceptors (Lipinski definition) is 3. The molecule has 0 saturated carbocycles. The maximum Gasteiger partial charge on any atom is 0.267 e. The van der Waals surface area contributed by atoms with Crippen LogP contribution in [0.15, 0.2) is 54.2 Å². The quantitative estimate of drug-likeness (QED) is 0.653. The van der Waals surface area contributed by atoms with E-state index in [1.807, 2.05) is 30.3 Å². The van der Waals surface area contributed by atoms with Gasteiger partial charge in [-0.05, 0) is 47.2 Å². The molecule has 0 atom stereocenters. The van der Waals surface area contributed by atoms with Crippen LogP contribution in [0.1, 0.15) is 23.1 Å². The van der Waals surface area contributed by atoms with E-state index in [1.54, 1.807) is 31.6 Å². The minimum atomic E-state index is -0.226. The van der Waals surface area contributed by atoms with Crippen LogP contribution in [-0.4, -0.2) is 25.4 Å². The molecule has 2 aromatic carbocycles. The standard InChI is InChI=1S/C13H15FN2O.C7H6S/c1-15-12(13(17)16-2)11-5-3-8-7-9(14)4-6-10(8)11;8-6-7-4-2-1-3-5-7/h4,6-7,15H,3,5H2,1-2H3,(H,16,17);1-6H/b12-11-;. The van der Waals surface area contributed by atoms with E-state index in [4.69, 9.17) is 12.2 Å². The van der Waals surface area contributed by atoms with E-state index >= 15 is 0 Å². The normalized spacial score (nSPS) is 13.9. The lowest BCUT2D eigenvalue weighted by Crippen LogP contribution is -2.28. The number of carbonyl (C=O) groups excluding carboxylic acids is 1. The van der Waals surface area contributed by atoms with Crippen LogP contribution in [0.3, 0.4) is 0 Å². The molecule has 0 fully saturated rings. The molecule has 0 bridgehead atoms. The number of allylic oxidation sites excluding steroid dienone is 1. The summed E-state index contributed by atoms with van der Waals surface area (Å²) in [7, 11) is 3.32. The van der Waals surface area contributed by atoms with E-state index in [9.17, 15) is 9.18 Å². The van der Waals surface area contributed by atoms with Crippen molar-refractivity contribution in [2.45, 2.75) is 12.8 Å². The predicted octanol–water partition coefficient (Wildman–Crippen LogP) is 3.48. The fourth-order valence-electron chi connectivity index (χ4n) is 2.78. The van der Waals surface area contributed by atoms with Gasteiger partial charge in [-0.1, -0.05) is 48.6 Å². The summed E-state index contributed by atoms with van der Waals surface area (Å²) in [5, 5.41) is 7.19. The Kier molecular flexibility index (Phi) is 6.83. The zero-order valence-electron chi connectivity index (χ0n) is 14.3. The SMILES string of the molecule is CNC(=O)/C(NC)=C1\CCc2cc(F)ccc21.S=Cc1ccccc1. The van der Waals surface area contributed by atoms with E-state index in [2.05, 4.69) is 10.6 Å². The van der Waals surface area contributed by atoms with Gasteiger partial charge in [-0.2, -0.15) is 0 Å². The molecule has 3 rings (SSSR count). The first-order valence-electron chi connectivity index (χ1n) is 8.02. The van der Waals surface area contributed by atoms with Crippen LogP contribution >= 0.6 is 12.2 Å². The van der Waals surface area contributed by atoms with E-state index in [1.165, 1.54) is 6.07 Å². The average molecular weight is 356 g/mol. The number of nitrogens with one attached hydrogen (secondary N) is 2. The summed E-state index contributed by atoms with van der Waals surface area (Å²) in [5.74, 6) is -0.365. The van der Waals surface area contributed by atoms with Crippen LogP contribution < -0.4 is 10.6 Å². The van der Waals surface area contributed by atoms with Gasteiger partial charge < -0.3 is 10.6 Å². The summed E-state index contributed by atoms with van der Waals surface area (Å²) in [6, 6.07) is 14.6. The molecule has 0 heterocycles. The maximum atomic E-state index is 13.1. The highest BCUT2D eigenvalue weighted by Crippen LogP contribution is 2.34. The van der Waals surface area contributed by atoms with Crippen molar-refractivity contribution in [1.82, 2.24) is 10.6 Å². The number of fused-ring (bicyclic) bond motifs is 1. The first-order valence-corrected chi connectivity index (χ1v) is 8.49. The van der Waals surface area contributed by atoms with Crippen molar-refractivity contribution in [2.75, 3.05) is 14.1 Å². The molecule has 2 N–H and O–H groups in total. The number of benzene rings is 2. The zero-order valence-corrected chi connectivity index (χ0v) is 15.1. The van der Waals surface area contributed by atoms with Gasteiger partial charge in [-0.15, -0.1) is 0 Å². The molecule has 0 spiro atoms. The van der Waals surface area contributed by atoms with Gasteiger partial charge in [0.1, 0.15) is 11.5 Å². The molecule has 0 unspecified atom stereocenters. The highest BCUT2D eigenvalue weighted by molar-refractivity contribution is 7.79. The lowest BCUT2D eigenvalue weighted by Gasteiger charge is -2.10. The van der Waals surface area contributed by atoms with Gasteiger partial charge in [-0.25, -0.2) is 4.39 Å². The number of amides is 1. The first kappa shape index (κ1) is 18.8. The van der Waals surface area contributed by atoms with Crippen LogP contribution in [0.4, 0.5) is 4.39 Å². The van der Waals surface area contributed by atoms with E-state index < -0.39 is 0 Å². The van der Waals surface area contributed by atoms with Crippen LogP contribution in [0.5, 0.6) is 0 Å². The van der Waals surface area contributed by atoms with Crippen molar-refractivity contribution in [3.8, 4) is 0 Å². The van der Waals surface area contributed by atoms with Crippen LogP contribution in [0.2, 0.25) is 0 Å². The molecule has 0 aliphatic heterocycles. The summed E-state index contributed by atoms with van der Waals surface area (Å²) in [4.78, 5) is 11.7. The largest absolute Gasteiger partial charge is 0.383 e. The molecule has 0 saturated heterocycles. The fourth-order valence-corrected chi connectivity index (χ4v) is 2.93. The van der Waals surface area contributed by atoms with Crippen LogP contribution in [-0.2, 0) is 11.2 Å². The minimum absolute atomic E-state index is 0.139. The summed E-state index contributed by atoms with van der Waals surface area (Å²) in [6.07, 6.45) is 1.55. The van der Waals surface area contributed by atoms with Crippen molar-refractivity contribution < 1.29 is 9.18 Å². The Morgan fingerprint density at radius 3 is 2.36 bits per heavy atom. The predicted molar refractivity (Wildman–Crippen MR) is 104 cm³/mol. The van der Waals surface area contributed by atoms with Crippen LogP contribution in [0.25, 0.3) is 5.57 Å².